The van der Waals surface area contributed by atoms with Crippen LogP contribution in [0.4, 0.5) is 0 Å². The zero-order valence-corrected chi connectivity index (χ0v) is 15.5. The quantitative estimate of drug-likeness (QED) is 0.815. The molecule has 0 aliphatic rings. The van der Waals surface area contributed by atoms with Gasteiger partial charge < -0.3 is 14.7 Å². The topological polar surface area (TPSA) is 79.7 Å². The largest absolute Gasteiger partial charge is 0.491 e. The van der Waals surface area contributed by atoms with E-state index in [4.69, 9.17) is 9.84 Å². The van der Waals surface area contributed by atoms with Crippen LogP contribution in [0.15, 0.2) is 29.6 Å². The molecule has 134 valence electrons. The number of nitrogens with zero attached hydrogens (tertiary/aromatic N) is 2. The van der Waals surface area contributed by atoms with E-state index in [0.717, 1.165) is 11.3 Å². The first-order chi connectivity index (χ1) is 11.8. The van der Waals surface area contributed by atoms with Crippen LogP contribution in [0.25, 0.3) is 10.6 Å². The molecule has 0 fully saturated rings. The molecule has 25 heavy (non-hydrogen) atoms. The number of aliphatic carboxylic acids is 1. The van der Waals surface area contributed by atoms with E-state index >= 15 is 0 Å². The molecule has 2 aromatic rings. The summed E-state index contributed by atoms with van der Waals surface area (Å²) in [5.41, 5.74) is 1.15. The summed E-state index contributed by atoms with van der Waals surface area (Å²) in [6.07, 6.45) is 0.103. The molecular formula is C18H22N2O4S. The smallest absolute Gasteiger partial charge is 0.323 e. The molecule has 1 heterocycles. The second-order valence-corrected chi connectivity index (χ2v) is 7.01. The molecule has 0 saturated heterocycles. The third-order valence-electron chi connectivity index (χ3n) is 3.39. The Labute approximate surface area is 151 Å². The van der Waals surface area contributed by atoms with E-state index in [1.165, 1.54) is 16.2 Å². The minimum Gasteiger partial charge on any atom is -0.491 e. The minimum atomic E-state index is -1.04. The Balaban J connectivity index is 2.18. The lowest BCUT2D eigenvalue weighted by molar-refractivity contribution is -0.138. The fourth-order valence-corrected chi connectivity index (χ4v) is 3.03. The highest BCUT2D eigenvalue weighted by Gasteiger charge is 2.23. The number of rotatable bonds is 7. The summed E-state index contributed by atoms with van der Waals surface area (Å²) in [6.45, 7) is 7.14. The number of carbonyl (C=O) groups excluding carboxylic acids is 1. The van der Waals surface area contributed by atoms with Crippen molar-refractivity contribution in [2.75, 3.05) is 6.54 Å². The number of carboxylic acids is 1. The zero-order valence-electron chi connectivity index (χ0n) is 14.7. The Kier molecular flexibility index (Phi) is 6.14. The van der Waals surface area contributed by atoms with Crippen LogP contribution in [0.3, 0.4) is 0 Å². The maximum Gasteiger partial charge on any atom is 0.323 e. The third-order valence-corrected chi connectivity index (χ3v) is 4.28. The van der Waals surface area contributed by atoms with Crippen LogP contribution in [0.1, 0.15) is 38.2 Å². The van der Waals surface area contributed by atoms with Gasteiger partial charge in [-0.25, -0.2) is 4.98 Å². The van der Waals surface area contributed by atoms with Gasteiger partial charge in [-0.3, -0.25) is 9.59 Å². The van der Waals surface area contributed by atoms with Gasteiger partial charge in [0.05, 0.1) is 6.10 Å². The van der Waals surface area contributed by atoms with Crippen molar-refractivity contribution >= 4 is 23.2 Å². The van der Waals surface area contributed by atoms with Crippen molar-refractivity contribution in [2.24, 2.45) is 0 Å². The fraction of sp³-hybridized carbons (Fsp3) is 0.389. The van der Waals surface area contributed by atoms with Crippen LogP contribution in [0.2, 0.25) is 0 Å². The Morgan fingerprint density at radius 1 is 1.20 bits per heavy atom. The first-order valence-corrected chi connectivity index (χ1v) is 8.91. The number of amides is 1. The van der Waals surface area contributed by atoms with Crippen molar-refractivity contribution in [2.45, 2.75) is 39.8 Å². The second kappa shape index (κ2) is 8.11. The summed E-state index contributed by atoms with van der Waals surface area (Å²) in [5.74, 6) is -0.642. The number of carboxylic acid groups (broad SMARTS) is 1. The standard InChI is InChI=1S/C18H22N2O4S/c1-11(2)20(9-16(21)22)18(23)15-10-25-17(19-15)13-5-7-14(8-6-13)24-12(3)4/h5-8,10-12H,9H2,1-4H3,(H,21,22). The molecule has 0 bridgehead atoms. The number of carbonyl (C=O) groups is 2. The summed E-state index contributed by atoms with van der Waals surface area (Å²) in [6, 6.07) is 7.29. The maximum absolute atomic E-state index is 12.5. The lowest BCUT2D eigenvalue weighted by Gasteiger charge is -2.23. The van der Waals surface area contributed by atoms with Crippen LogP contribution >= 0.6 is 11.3 Å². The highest BCUT2D eigenvalue weighted by molar-refractivity contribution is 7.13. The summed E-state index contributed by atoms with van der Waals surface area (Å²) in [7, 11) is 0. The number of hydrogen-bond acceptors (Lipinski definition) is 5. The highest BCUT2D eigenvalue weighted by atomic mass is 32.1. The molecule has 6 nitrogen and oxygen atoms in total. The molecule has 0 saturated carbocycles. The van der Waals surface area contributed by atoms with Crippen molar-refractivity contribution < 1.29 is 19.4 Å². The molecule has 7 heteroatoms. The van der Waals surface area contributed by atoms with E-state index in [-0.39, 0.29) is 30.3 Å². The average Bonchev–Trinajstić information content (AvgIpc) is 3.01. The van der Waals surface area contributed by atoms with Gasteiger partial charge in [0.25, 0.3) is 5.91 Å². The molecule has 1 amide bonds. The van der Waals surface area contributed by atoms with E-state index < -0.39 is 5.97 Å². The maximum atomic E-state index is 12.5. The van der Waals surface area contributed by atoms with Crippen molar-refractivity contribution in [3.8, 4) is 16.3 Å². The van der Waals surface area contributed by atoms with Gasteiger partial charge in [-0.1, -0.05) is 0 Å². The molecule has 0 unspecified atom stereocenters. The molecule has 0 radical (unpaired) electrons. The predicted octanol–water partition coefficient (Wildman–Crippen LogP) is 3.53. The molecule has 1 aromatic carbocycles. The fourth-order valence-electron chi connectivity index (χ4n) is 2.23. The monoisotopic (exact) mass is 362 g/mol. The summed E-state index contributed by atoms with van der Waals surface area (Å²) < 4.78 is 5.61. The first-order valence-electron chi connectivity index (χ1n) is 8.03. The van der Waals surface area contributed by atoms with Gasteiger partial charge in [0.15, 0.2) is 0 Å². The van der Waals surface area contributed by atoms with Gasteiger partial charge in [-0.05, 0) is 52.0 Å². The van der Waals surface area contributed by atoms with Gasteiger partial charge in [-0.15, -0.1) is 11.3 Å². The van der Waals surface area contributed by atoms with Gasteiger partial charge >= 0.3 is 5.97 Å². The van der Waals surface area contributed by atoms with E-state index in [1.807, 2.05) is 38.1 Å². The molecule has 1 aromatic heterocycles. The summed E-state index contributed by atoms with van der Waals surface area (Å²) in [4.78, 5) is 29.2. The average molecular weight is 362 g/mol. The first kappa shape index (κ1) is 18.9. The number of ether oxygens (including phenoxy) is 1. The summed E-state index contributed by atoms with van der Waals surface area (Å²) in [5, 5.41) is 11.3. The highest BCUT2D eigenvalue weighted by Crippen LogP contribution is 2.26. The van der Waals surface area contributed by atoms with Crippen molar-refractivity contribution in [3.63, 3.8) is 0 Å². The number of benzene rings is 1. The second-order valence-electron chi connectivity index (χ2n) is 6.15. The SMILES string of the molecule is CC(C)Oc1ccc(-c2nc(C(=O)N(CC(=O)O)C(C)C)cs2)cc1. The minimum absolute atomic E-state index is 0.103. The zero-order chi connectivity index (χ0) is 18.6. The molecule has 0 aliphatic heterocycles. The summed E-state index contributed by atoms with van der Waals surface area (Å²) >= 11 is 1.35. The van der Waals surface area contributed by atoms with E-state index in [2.05, 4.69) is 4.98 Å². The number of thiazole rings is 1. The van der Waals surface area contributed by atoms with Gasteiger partial charge in [-0.2, -0.15) is 0 Å². The molecule has 1 N–H and O–H groups in total. The van der Waals surface area contributed by atoms with Crippen molar-refractivity contribution in [1.29, 1.82) is 0 Å². The van der Waals surface area contributed by atoms with Crippen LogP contribution < -0.4 is 4.74 Å². The van der Waals surface area contributed by atoms with E-state index in [1.54, 1.807) is 19.2 Å². The van der Waals surface area contributed by atoms with Gasteiger partial charge in [0.2, 0.25) is 0 Å². The van der Waals surface area contributed by atoms with Crippen LogP contribution in [0.5, 0.6) is 5.75 Å². The van der Waals surface area contributed by atoms with Gasteiger partial charge in [0.1, 0.15) is 23.0 Å². The lowest BCUT2D eigenvalue weighted by Crippen LogP contribution is -2.40. The van der Waals surface area contributed by atoms with E-state index in [0.29, 0.717) is 5.01 Å². The van der Waals surface area contributed by atoms with Crippen molar-refractivity contribution in [3.05, 3.63) is 35.3 Å². The molecule has 2 rings (SSSR count). The number of aromatic nitrogens is 1. The third kappa shape index (κ3) is 5.03. The van der Waals surface area contributed by atoms with Crippen LogP contribution in [0, 0.1) is 0 Å². The van der Waals surface area contributed by atoms with Crippen LogP contribution in [-0.2, 0) is 4.79 Å². The van der Waals surface area contributed by atoms with E-state index in [9.17, 15) is 9.59 Å². The normalized spacial score (nSPS) is 11.0. The predicted molar refractivity (Wildman–Crippen MR) is 97.1 cm³/mol. The Morgan fingerprint density at radius 2 is 1.84 bits per heavy atom. The molecular weight excluding hydrogens is 340 g/mol. The Bertz CT molecular complexity index is 738. The van der Waals surface area contributed by atoms with Crippen LogP contribution in [-0.4, -0.2) is 45.6 Å². The molecule has 0 aliphatic carbocycles. The number of hydrogen-bond donors (Lipinski definition) is 1. The molecule has 0 atom stereocenters. The Morgan fingerprint density at radius 3 is 2.36 bits per heavy atom. The Hall–Kier alpha value is -2.41. The molecule has 0 spiro atoms. The lowest BCUT2D eigenvalue weighted by atomic mass is 10.2. The van der Waals surface area contributed by atoms with Gasteiger partial charge in [0, 0.05) is 17.0 Å². The van der Waals surface area contributed by atoms with Crippen molar-refractivity contribution in [1.82, 2.24) is 9.88 Å².